The van der Waals surface area contributed by atoms with Gasteiger partial charge in [0.05, 0.1) is 0 Å². The Morgan fingerprint density at radius 2 is 1.12 bits per heavy atom. The molecule has 0 aliphatic carbocycles. The van der Waals surface area contributed by atoms with E-state index in [-0.39, 0.29) is 0 Å². The number of rotatable bonds is 4. The SMILES string of the molecule is C#Cc1nccn1C(c1ccccc1)(c1ccccc1)c1ccccc1. The van der Waals surface area contributed by atoms with E-state index in [0.29, 0.717) is 5.82 Å². The molecular formula is C24H18N2. The van der Waals surface area contributed by atoms with Gasteiger partial charge < -0.3 is 4.57 Å². The van der Waals surface area contributed by atoms with Gasteiger partial charge in [-0.05, 0) is 22.6 Å². The number of nitrogens with zero attached hydrogens (tertiary/aromatic N) is 2. The Labute approximate surface area is 153 Å². The first-order valence-electron chi connectivity index (χ1n) is 8.54. The summed E-state index contributed by atoms with van der Waals surface area (Å²) in [5.74, 6) is 3.34. The van der Waals surface area contributed by atoms with Crippen LogP contribution in [0, 0.1) is 12.3 Å². The van der Waals surface area contributed by atoms with Crippen LogP contribution in [0.15, 0.2) is 103 Å². The molecule has 124 valence electrons. The van der Waals surface area contributed by atoms with Crippen LogP contribution in [-0.2, 0) is 5.54 Å². The van der Waals surface area contributed by atoms with E-state index in [1.54, 1.807) is 6.20 Å². The normalized spacial score (nSPS) is 11.0. The molecule has 4 rings (SSSR count). The summed E-state index contributed by atoms with van der Waals surface area (Å²) in [7, 11) is 0. The summed E-state index contributed by atoms with van der Waals surface area (Å²) < 4.78 is 2.09. The van der Waals surface area contributed by atoms with Crippen LogP contribution in [0.2, 0.25) is 0 Å². The van der Waals surface area contributed by atoms with E-state index in [2.05, 4.69) is 88.3 Å². The van der Waals surface area contributed by atoms with Gasteiger partial charge in [-0.25, -0.2) is 4.98 Å². The maximum absolute atomic E-state index is 5.79. The smallest absolute Gasteiger partial charge is 0.186 e. The molecule has 0 aliphatic rings. The first-order valence-corrected chi connectivity index (χ1v) is 8.54. The summed E-state index contributed by atoms with van der Waals surface area (Å²) >= 11 is 0. The van der Waals surface area contributed by atoms with Crippen molar-refractivity contribution in [1.82, 2.24) is 9.55 Å². The zero-order valence-corrected chi connectivity index (χ0v) is 14.3. The van der Waals surface area contributed by atoms with Gasteiger partial charge in [0.15, 0.2) is 5.82 Å². The number of imidazole rings is 1. The van der Waals surface area contributed by atoms with Crippen molar-refractivity contribution < 1.29 is 0 Å². The fourth-order valence-electron chi connectivity index (χ4n) is 3.64. The molecule has 26 heavy (non-hydrogen) atoms. The number of hydrogen-bond acceptors (Lipinski definition) is 1. The molecule has 1 aromatic heterocycles. The number of hydrogen-bond donors (Lipinski definition) is 0. The second-order valence-corrected chi connectivity index (χ2v) is 6.07. The zero-order valence-electron chi connectivity index (χ0n) is 14.3. The van der Waals surface area contributed by atoms with Gasteiger partial charge in [-0.15, -0.1) is 6.42 Å². The summed E-state index contributed by atoms with van der Waals surface area (Å²) in [5.41, 5.74) is 2.80. The van der Waals surface area contributed by atoms with E-state index in [4.69, 9.17) is 6.42 Å². The third-order valence-electron chi connectivity index (χ3n) is 4.71. The molecule has 0 atom stereocenters. The maximum Gasteiger partial charge on any atom is 0.186 e. The third-order valence-corrected chi connectivity index (χ3v) is 4.71. The summed E-state index contributed by atoms with van der Waals surface area (Å²) in [5, 5.41) is 0. The van der Waals surface area contributed by atoms with Gasteiger partial charge in [0.25, 0.3) is 0 Å². The highest BCUT2D eigenvalue weighted by Gasteiger charge is 2.39. The summed E-state index contributed by atoms with van der Waals surface area (Å²) in [6.07, 6.45) is 9.52. The van der Waals surface area contributed by atoms with Crippen LogP contribution in [0.1, 0.15) is 22.5 Å². The molecule has 0 unspecified atom stereocenters. The Morgan fingerprint density at radius 1 is 0.692 bits per heavy atom. The average Bonchev–Trinajstić information content (AvgIpc) is 3.20. The minimum Gasteiger partial charge on any atom is -0.306 e. The molecule has 0 spiro atoms. The molecule has 0 radical (unpaired) electrons. The highest BCUT2D eigenvalue weighted by atomic mass is 15.1. The Bertz CT molecular complexity index is 929. The minimum atomic E-state index is -0.595. The van der Waals surface area contributed by atoms with Gasteiger partial charge in [0, 0.05) is 12.4 Å². The van der Waals surface area contributed by atoms with E-state index in [9.17, 15) is 0 Å². The van der Waals surface area contributed by atoms with Crippen molar-refractivity contribution in [3.8, 4) is 12.3 Å². The number of terminal acetylenes is 1. The van der Waals surface area contributed by atoms with Crippen molar-refractivity contribution in [2.24, 2.45) is 0 Å². The van der Waals surface area contributed by atoms with E-state index < -0.39 is 5.54 Å². The van der Waals surface area contributed by atoms with Gasteiger partial charge in [0.1, 0.15) is 5.54 Å². The first-order chi connectivity index (χ1) is 12.9. The Balaban J connectivity index is 2.17. The van der Waals surface area contributed by atoms with Crippen molar-refractivity contribution >= 4 is 0 Å². The summed E-state index contributed by atoms with van der Waals surface area (Å²) in [4.78, 5) is 4.40. The van der Waals surface area contributed by atoms with E-state index in [0.717, 1.165) is 16.7 Å². The second-order valence-electron chi connectivity index (χ2n) is 6.07. The molecule has 0 bridgehead atoms. The molecule has 2 heteroatoms. The predicted molar refractivity (Wildman–Crippen MR) is 105 cm³/mol. The average molecular weight is 334 g/mol. The lowest BCUT2D eigenvalue weighted by Gasteiger charge is -2.38. The maximum atomic E-state index is 5.79. The van der Waals surface area contributed by atoms with Gasteiger partial charge >= 0.3 is 0 Å². The van der Waals surface area contributed by atoms with Crippen LogP contribution in [-0.4, -0.2) is 9.55 Å². The lowest BCUT2D eigenvalue weighted by Crippen LogP contribution is -2.38. The highest BCUT2D eigenvalue weighted by Crippen LogP contribution is 2.41. The van der Waals surface area contributed by atoms with Crippen molar-refractivity contribution in [1.29, 1.82) is 0 Å². The highest BCUT2D eigenvalue weighted by molar-refractivity contribution is 5.51. The van der Waals surface area contributed by atoms with Crippen LogP contribution in [0.25, 0.3) is 0 Å². The molecule has 0 N–H and O–H groups in total. The van der Waals surface area contributed by atoms with Crippen LogP contribution < -0.4 is 0 Å². The summed E-state index contributed by atoms with van der Waals surface area (Å²) in [6, 6.07) is 31.3. The molecular weight excluding hydrogens is 316 g/mol. The fraction of sp³-hybridized carbons (Fsp3) is 0.0417. The molecule has 1 heterocycles. The molecule has 0 fully saturated rings. The van der Waals surface area contributed by atoms with Crippen molar-refractivity contribution in [2.75, 3.05) is 0 Å². The first kappa shape index (κ1) is 15.9. The topological polar surface area (TPSA) is 17.8 Å². The molecule has 2 nitrogen and oxygen atoms in total. The minimum absolute atomic E-state index is 0.595. The van der Waals surface area contributed by atoms with Gasteiger partial charge in [-0.3, -0.25) is 0 Å². The van der Waals surface area contributed by atoms with Crippen LogP contribution in [0.5, 0.6) is 0 Å². The Kier molecular flexibility index (Phi) is 4.13. The van der Waals surface area contributed by atoms with Crippen molar-refractivity contribution in [2.45, 2.75) is 5.54 Å². The molecule has 4 aromatic rings. The molecule has 0 amide bonds. The van der Waals surface area contributed by atoms with Crippen LogP contribution in [0.3, 0.4) is 0 Å². The number of aromatic nitrogens is 2. The Morgan fingerprint density at radius 3 is 1.50 bits per heavy atom. The molecule has 0 saturated carbocycles. The van der Waals surface area contributed by atoms with Gasteiger partial charge in [-0.1, -0.05) is 91.0 Å². The third kappa shape index (κ3) is 2.42. The second kappa shape index (κ2) is 6.74. The Hall–Kier alpha value is -3.57. The van der Waals surface area contributed by atoms with E-state index in [1.165, 1.54) is 0 Å². The standard InChI is InChI=1S/C24H18N2/c1-2-23-25-18-19-26(23)24(20-12-6-3-7-13-20,21-14-8-4-9-15-21)22-16-10-5-11-17-22/h1,3-19H. The number of benzene rings is 3. The molecule has 0 saturated heterocycles. The largest absolute Gasteiger partial charge is 0.306 e. The molecule has 0 aliphatic heterocycles. The van der Waals surface area contributed by atoms with E-state index >= 15 is 0 Å². The van der Waals surface area contributed by atoms with Gasteiger partial charge in [0.2, 0.25) is 0 Å². The monoisotopic (exact) mass is 334 g/mol. The van der Waals surface area contributed by atoms with Crippen LogP contribution >= 0.6 is 0 Å². The van der Waals surface area contributed by atoms with Crippen molar-refractivity contribution in [3.63, 3.8) is 0 Å². The predicted octanol–water partition coefficient (Wildman–Crippen LogP) is 4.70. The lowest BCUT2D eigenvalue weighted by molar-refractivity contribution is 0.510. The quantitative estimate of drug-likeness (QED) is 0.390. The van der Waals surface area contributed by atoms with Crippen molar-refractivity contribution in [3.05, 3.63) is 126 Å². The van der Waals surface area contributed by atoms with Crippen LogP contribution in [0.4, 0.5) is 0 Å². The van der Waals surface area contributed by atoms with Gasteiger partial charge in [-0.2, -0.15) is 0 Å². The lowest BCUT2D eigenvalue weighted by atomic mass is 9.76. The zero-order chi connectivity index (χ0) is 17.8. The molecule has 3 aromatic carbocycles. The summed E-state index contributed by atoms with van der Waals surface area (Å²) in [6.45, 7) is 0. The van der Waals surface area contributed by atoms with E-state index in [1.807, 2.05) is 24.4 Å². The fourth-order valence-corrected chi connectivity index (χ4v) is 3.64.